The molecule has 1 aliphatic carbocycles. The number of carbonyl (C=O) groups excluding carboxylic acids is 2. The summed E-state index contributed by atoms with van der Waals surface area (Å²) in [6.07, 6.45) is 11.7. The summed E-state index contributed by atoms with van der Waals surface area (Å²) in [5.74, 6) is 0.176. The highest BCUT2D eigenvalue weighted by molar-refractivity contribution is 7.17. The number of primary amides is 1. The van der Waals surface area contributed by atoms with Crippen molar-refractivity contribution in [1.29, 1.82) is 0 Å². The van der Waals surface area contributed by atoms with Crippen molar-refractivity contribution >= 4 is 28.2 Å². The summed E-state index contributed by atoms with van der Waals surface area (Å²) in [5.41, 5.74) is 7.55. The van der Waals surface area contributed by atoms with E-state index < -0.39 is 5.91 Å². The van der Waals surface area contributed by atoms with E-state index in [0.29, 0.717) is 22.9 Å². The van der Waals surface area contributed by atoms with Gasteiger partial charge in [-0.05, 0) is 42.6 Å². The first-order valence-corrected chi connectivity index (χ1v) is 11.8. The van der Waals surface area contributed by atoms with Gasteiger partial charge in [-0.15, -0.1) is 11.3 Å². The first-order valence-electron chi connectivity index (χ1n) is 11.0. The summed E-state index contributed by atoms with van der Waals surface area (Å²) in [4.78, 5) is 25.7. The van der Waals surface area contributed by atoms with Crippen molar-refractivity contribution in [2.75, 3.05) is 5.32 Å². The van der Waals surface area contributed by atoms with Gasteiger partial charge in [-0.1, -0.05) is 66.2 Å². The van der Waals surface area contributed by atoms with Gasteiger partial charge in [0.25, 0.3) is 5.91 Å². The standard InChI is InChI=1S/C23H38N2O2S/c1-5-6-7-8-9-10-11-12-19(26)25-22-20(21(24)27)17-14-13-16(23(2,3)4)15-18(17)28-22/h16H,5-15H2,1-4H3,(H2,24,27)(H,25,26). The number of nitrogens with two attached hydrogens (primary N) is 1. The van der Waals surface area contributed by atoms with E-state index in [2.05, 4.69) is 33.0 Å². The van der Waals surface area contributed by atoms with Crippen LogP contribution in [0.25, 0.3) is 0 Å². The Hall–Kier alpha value is -1.36. The Kier molecular flexibility index (Phi) is 8.54. The van der Waals surface area contributed by atoms with Crippen LogP contribution in [0.2, 0.25) is 0 Å². The summed E-state index contributed by atoms with van der Waals surface area (Å²) in [6.45, 7) is 9.04. The maximum Gasteiger partial charge on any atom is 0.251 e. The molecule has 0 fully saturated rings. The fourth-order valence-electron chi connectivity index (χ4n) is 4.11. The van der Waals surface area contributed by atoms with Crippen LogP contribution in [0.1, 0.15) is 106 Å². The van der Waals surface area contributed by atoms with Crippen LogP contribution in [-0.2, 0) is 17.6 Å². The third-order valence-corrected chi connectivity index (χ3v) is 7.17. The van der Waals surface area contributed by atoms with Crippen LogP contribution in [0.5, 0.6) is 0 Å². The molecular formula is C23H38N2O2S. The fourth-order valence-corrected chi connectivity index (χ4v) is 5.45. The smallest absolute Gasteiger partial charge is 0.251 e. The van der Waals surface area contributed by atoms with Crippen molar-refractivity contribution in [2.24, 2.45) is 17.1 Å². The average Bonchev–Trinajstić information content (AvgIpc) is 2.97. The van der Waals surface area contributed by atoms with E-state index in [1.165, 1.54) is 37.0 Å². The van der Waals surface area contributed by atoms with E-state index in [4.69, 9.17) is 5.73 Å². The van der Waals surface area contributed by atoms with Gasteiger partial charge in [0.1, 0.15) is 5.00 Å². The second kappa shape index (κ2) is 10.4. The van der Waals surface area contributed by atoms with Crippen LogP contribution in [0, 0.1) is 11.3 Å². The molecule has 4 nitrogen and oxygen atoms in total. The quantitative estimate of drug-likeness (QED) is 0.462. The molecule has 0 saturated carbocycles. The van der Waals surface area contributed by atoms with Crippen molar-refractivity contribution in [3.05, 3.63) is 16.0 Å². The number of fused-ring (bicyclic) bond motifs is 1. The number of thiophene rings is 1. The van der Waals surface area contributed by atoms with Crippen LogP contribution < -0.4 is 11.1 Å². The van der Waals surface area contributed by atoms with Crippen LogP contribution in [0.15, 0.2) is 0 Å². The minimum absolute atomic E-state index is 0.00188. The molecule has 3 N–H and O–H groups in total. The van der Waals surface area contributed by atoms with Gasteiger partial charge in [0.15, 0.2) is 0 Å². The van der Waals surface area contributed by atoms with Crippen molar-refractivity contribution < 1.29 is 9.59 Å². The lowest BCUT2D eigenvalue weighted by molar-refractivity contribution is -0.116. The predicted molar refractivity (Wildman–Crippen MR) is 119 cm³/mol. The van der Waals surface area contributed by atoms with Gasteiger partial charge in [0.05, 0.1) is 5.56 Å². The van der Waals surface area contributed by atoms with Gasteiger partial charge in [-0.2, -0.15) is 0 Å². The van der Waals surface area contributed by atoms with Crippen molar-refractivity contribution in [3.63, 3.8) is 0 Å². The van der Waals surface area contributed by atoms with Gasteiger partial charge in [-0.3, -0.25) is 9.59 Å². The molecule has 5 heteroatoms. The van der Waals surface area contributed by atoms with Crippen LogP contribution in [-0.4, -0.2) is 11.8 Å². The average molecular weight is 407 g/mol. The molecule has 1 atom stereocenters. The molecular weight excluding hydrogens is 368 g/mol. The minimum atomic E-state index is -0.419. The third-order valence-electron chi connectivity index (χ3n) is 6.00. The maximum atomic E-state index is 12.4. The third kappa shape index (κ3) is 6.33. The number of hydrogen-bond acceptors (Lipinski definition) is 3. The monoisotopic (exact) mass is 406 g/mol. The molecule has 2 amide bonds. The molecule has 1 aliphatic rings. The van der Waals surface area contributed by atoms with Crippen LogP contribution in [0.4, 0.5) is 5.00 Å². The summed E-state index contributed by atoms with van der Waals surface area (Å²) >= 11 is 1.56. The molecule has 158 valence electrons. The van der Waals surface area contributed by atoms with E-state index in [9.17, 15) is 9.59 Å². The van der Waals surface area contributed by atoms with E-state index in [0.717, 1.165) is 37.7 Å². The highest BCUT2D eigenvalue weighted by Gasteiger charge is 2.33. The molecule has 0 spiro atoms. The fraction of sp³-hybridized carbons (Fsp3) is 0.739. The number of unbranched alkanes of at least 4 members (excludes halogenated alkanes) is 6. The molecule has 0 bridgehead atoms. The summed E-state index contributed by atoms with van der Waals surface area (Å²) in [5, 5.41) is 3.66. The molecule has 1 aromatic heterocycles. The zero-order valence-corrected chi connectivity index (χ0v) is 19.0. The number of hydrogen-bond donors (Lipinski definition) is 2. The Balaban J connectivity index is 1.94. The normalized spacial score (nSPS) is 16.6. The minimum Gasteiger partial charge on any atom is -0.365 e. The lowest BCUT2D eigenvalue weighted by Gasteiger charge is -2.33. The number of carbonyl (C=O) groups is 2. The molecule has 1 unspecified atom stereocenters. The molecule has 2 rings (SSSR count). The second-order valence-corrected chi connectivity index (χ2v) is 10.4. The Labute approximate surface area is 174 Å². The largest absolute Gasteiger partial charge is 0.365 e. The molecule has 0 saturated heterocycles. The summed E-state index contributed by atoms with van der Waals surface area (Å²) in [7, 11) is 0. The number of rotatable bonds is 10. The van der Waals surface area contributed by atoms with Gasteiger partial charge in [0.2, 0.25) is 5.91 Å². The Bertz CT molecular complexity index is 673. The number of nitrogens with one attached hydrogen (secondary N) is 1. The topological polar surface area (TPSA) is 72.2 Å². The lowest BCUT2D eigenvalue weighted by Crippen LogP contribution is -2.27. The highest BCUT2D eigenvalue weighted by atomic mass is 32.1. The zero-order valence-electron chi connectivity index (χ0n) is 18.2. The Morgan fingerprint density at radius 1 is 1.11 bits per heavy atom. The molecule has 1 aromatic rings. The number of amides is 2. The number of anilines is 1. The first kappa shape index (κ1) is 22.9. The van der Waals surface area contributed by atoms with E-state index in [1.807, 2.05) is 0 Å². The summed E-state index contributed by atoms with van der Waals surface area (Å²) < 4.78 is 0. The van der Waals surface area contributed by atoms with Crippen LogP contribution >= 0.6 is 11.3 Å². The van der Waals surface area contributed by atoms with Gasteiger partial charge < -0.3 is 11.1 Å². The highest BCUT2D eigenvalue weighted by Crippen LogP contribution is 2.44. The maximum absolute atomic E-state index is 12.4. The summed E-state index contributed by atoms with van der Waals surface area (Å²) in [6, 6.07) is 0. The zero-order chi connectivity index (χ0) is 20.7. The molecule has 28 heavy (non-hydrogen) atoms. The van der Waals surface area contributed by atoms with Crippen molar-refractivity contribution in [2.45, 2.75) is 98.3 Å². The Morgan fingerprint density at radius 2 is 1.75 bits per heavy atom. The van der Waals surface area contributed by atoms with Crippen LogP contribution in [0.3, 0.4) is 0 Å². The molecule has 0 aliphatic heterocycles. The first-order chi connectivity index (χ1) is 13.2. The molecule has 0 radical (unpaired) electrons. The van der Waals surface area contributed by atoms with Gasteiger partial charge in [0, 0.05) is 11.3 Å². The molecule has 0 aromatic carbocycles. The Morgan fingerprint density at radius 3 is 2.36 bits per heavy atom. The SMILES string of the molecule is CCCCCCCCCC(=O)Nc1sc2c(c1C(N)=O)CCC(C(C)(C)C)C2. The van der Waals surface area contributed by atoms with Gasteiger partial charge >= 0.3 is 0 Å². The van der Waals surface area contributed by atoms with E-state index >= 15 is 0 Å². The van der Waals surface area contributed by atoms with Crippen molar-refractivity contribution in [3.8, 4) is 0 Å². The lowest BCUT2D eigenvalue weighted by atomic mass is 9.72. The van der Waals surface area contributed by atoms with Gasteiger partial charge in [-0.25, -0.2) is 0 Å². The molecule has 1 heterocycles. The predicted octanol–water partition coefficient (Wildman–Crippen LogP) is 6.08. The van der Waals surface area contributed by atoms with E-state index in [-0.39, 0.29) is 11.3 Å². The van der Waals surface area contributed by atoms with Crippen molar-refractivity contribution in [1.82, 2.24) is 0 Å². The second-order valence-electron chi connectivity index (χ2n) is 9.30. The van der Waals surface area contributed by atoms with E-state index in [1.54, 1.807) is 11.3 Å².